The molecule has 0 saturated heterocycles. The van der Waals surface area contributed by atoms with E-state index >= 15 is 0 Å². The van der Waals surface area contributed by atoms with Gasteiger partial charge in [0.25, 0.3) is 5.91 Å². The number of rotatable bonds is 11. The average Bonchev–Trinajstić information content (AvgIpc) is 2.99. The number of carbonyl (C=O) groups excluding carboxylic acids is 5. The molecule has 0 aromatic carbocycles. The van der Waals surface area contributed by atoms with Crippen LogP contribution in [0.15, 0.2) is 0 Å². The Labute approximate surface area is 361 Å². The van der Waals surface area contributed by atoms with Gasteiger partial charge in [-0.25, -0.2) is 10.3 Å². The Morgan fingerprint density at radius 3 is 0.911 bits per heavy atom. The molecule has 0 aromatic rings. The highest BCUT2D eigenvalue weighted by Gasteiger charge is 2.39. The van der Waals surface area contributed by atoms with Crippen molar-refractivity contribution in [1.82, 2.24) is 5.48 Å². The van der Waals surface area contributed by atoms with Crippen molar-refractivity contribution in [2.75, 3.05) is 37.5 Å². The monoisotopic (exact) mass is 1000 g/mol. The number of hydrogen-bond acceptors (Lipinski definition) is 17. The number of hydrogen-bond donors (Lipinski definition) is 12. The van der Waals surface area contributed by atoms with Crippen molar-refractivity contribution in [1.29, 1.82) is 0 Å². The van der Waals surface area contributed by atoms with Gasteiger partial charge in [-0.3, -0.25) is 65.6 Å². The molecule has 3 atom stereocenters. The minimum atomic E-state index is -3.00. The van der Waals surface area contributed by atoms with Crippen LogP contribution < -0.4 is 5.48 Å². The van der Waals surface area contributed by atoms with E-state index in [1.54, 1.807) is 31.9 Å². The van der Waals surface area contributed by atoms with Gasteiger partial charge in [-0.1, -0.05) is 23.4 Å². The van der Waals surface area contributed by atoms with Crippen LogP contribution in [0.2, 0.25) is 0 Å². The molecule has 0 aliphatic carbocycles. The maximum atomic E-state index is 10.8. The molecular weight excluding hydrogens is 927 g/mol. The Bertz CT molecular complexity index is 1130. The van der Waals surface area contributed by atoms with Crippen molar-refractivity contribution in [2.24, 2.45) is 0 Å². The summed E-state index contributed by atoms with van der Waals surface area (Å²) < 4.78 is 68.4. The van der Waals surface area contributed by atoms with Gasteiger partial charge < -0.3 is 5.11 Å². The summed E-state index contributed by atoms with van der Waals surface area (Å²) in [5.41, 5.74) is 1.37. The van der Waals surface area contributed by atoms with Gasteiger partial charge in [0.15, 0.2) is 16.3 Å². The lowest BCUT2D eigenvalue weighted by atomic mass is 10.1. The largest absolute Gasteiger partial charge is 0.480 e. The second-order valence-corrected chi connectivity index (χ2v) is 26.3. The molecule has 0 heterocycles. The number of thiol groups is 1. The number of nitrogens with one attached hydrogen (secondary N) is 1. The Morgan fingerprint density at radius 1 is 0.625 bits per heavy atom. The molecule has 0 saturated carbocycles. The van der Waals surface area contributed by atoms with Gasteiger partial charge >= 0.3 is 5.97 Å². The highest BCUT2D eigenvalue weighted by atomic mass is 79.9. The lowest BCUT2D eigenvalue weighted by molar-refractivity contribution is -0.139. The maximum Gasteiger partial charge on any atom is 0.328 e. The third-order valence-electron chi connectivity index (χ3n) is 7.64. The molecule has 348 valence electrons. The number of aliphatic carboxylic acids is 1. The third-order valence-corrected chi connectivity index (χ3v) is 17.4. The maximum absolute atomic E-state index is 10.8. The van der Waals surface area contributed by atoms with E-state index in [4.69, 9.17) is 46.7 Å². The fraction of sp³-hybridized carbons (Fsp3) is 0.812. The predicted molar refractivity (Wildman–Crippen MR) is 250 cm³/mol. The topological polar surface area (TPSA) is 317 Å². The van der Waals surface area contributed by atoms with E-state index in [9.17, 15) is 28.8 Å². The molecule has 0 rings (SSSR count). The zero-order valence-corrected chi connectivity index (χ0v) is 42.1. The fourth-order valence-corrected chi connectivity index (χ4v) is 3.46. The predicted octanol–water partition coefficient (Wildman–Crippen LogP) is 8.83. The summed E-state index contributed by atoms with van der Waals surface area (Å²) in [6, 6.07) is 0. The van der Waals surface area contributed by atoms with Crippen LogP contribution in [0.4, 0.5) is 0 Å². The first-order valence-electron chi connectivity index (χ1n) is 15.5. The summed E-state index contributed by atoms with van der Waals surface area (Å²) in [7, 11) is -11.4. The van der Waals surface area contributed by atoms with Crippen LogP contribution in [0.25, 0.3) is 0 Å². The van der Waals surface area contributed by atoms with E-state index in [0.717, 1.165) is 12.5 Å². The number of ketones is 4. The van der Waals surface area contributed by atoms with Crippen molar-refractivity contribution >= 4 is 118 Å². The molecule has 17 nitrogen and oxygen atoms in total. The lowest BCUT2D eigenvalue weighted by Gasteiger charge is -2.41. The smallest absolute Gasteiger partial charge is 0.328 e. The number of halogens is 1. The number of alkyl halides is 1. The number of amides is 1. The zero-order chi connectivity index (χ0) is 47.1. The Balaban J connectivity index is -0.0000000820. The molecule has 0 fully saturated rings. The first-order valence-corrected chi connectivity index (χ1v) is 26.5. The van der Waals surface area contributed by atoms with Crippen LogP contribution in [0, 0.1) is 0 Å². The van der Waals surface area contributed by atoms with Crippen LogP contribution in [-0.4, -0.2) is 149 Å². The number of carboxylic acids is 1. The molecule has 0 spiro atoms. The van der Waals surface area contributed by atoms with E-state index in [1.165, 1.54) is 80.3 Å². The minimum absolute atomic E-state index is 0. The molecule has 24 heteroatoms. The summed E-state index contributed by atoms with van der Waals surface area (Å²) in [5, 5.41) is 16.3. The molecule has 11 N–H and O–H groups in total. The standard InChI is InChI=1S/C6H14O3S.C5H13NO4S.C5H12O4S.C5H12O3S.C5H10OS.C4H7BrO.CH4S.CH4/c1-5(7)6(2,3)10(4,8)9;1-5(2,4(7)6-8)11(3,9)10;1-5(2,4(6)7)10(3,8)9;1-4(6)5(2)9(3,7)8;1-4(6)5(2)7-3;1-3(5)4(2)6;1-2;/h8-9H,1-4H3;8-10H,1-3H3,(H,6,7);8-9H,1-3H3,(H,6,7);5,7-8H,1-3H3;5H,1-3H3;3H,1-2H3;2H,1H3;1H4. The Hall–Kier alpha value is -0.160. The number of thioether (sulfide) groups is 1. The molecule has 0 aromatic heterocycles. The van der Waals surface area contributed by atoms with Crippen molar-refractivity contribution in [2.45, 2.75) is 127 Å². The van der Waals surface area contributed by atoms with E-state index in [-0.39, 0.29) is 40.6 Å². The van der Waals surface area contributed by atoms with E-state index < -0.39 is 73.7 Å². The lowest BCUT2D eigenvalue weighted by Crippen LogP contribution is -2.44. The first kappa shape index (κ1) is 73.4. The second kappa shape index (κ2) is 31.7. The molecule has 1 amide bonds. The van der Waals surface area contributed by atoms with Crippen molar-refractivity contribution in [3.8, 4) is 0 Å². The SMILES string of the molecule is C.CC(=O)C(C)(C)S(C)(O)O.CC(=O)C(C)Br.CC(=O)C(C)S(C)(O)O.CC(C)(C(=O)NO)S(C)(O)O.CC(C)(C(=O)O)S(C)(O)O.CS.CSC(C)C(C)=O. The van der Waals surface area contributed by atoms with Gasteiger partial charge in [0.1, 0.15) is 26.3 Å². The molecule has 0 aliphatic rings. The van der Waals surface area contributed by atoms with E-state index in [1.807, 2.05) is 20.1 Å². The van der Waals surface area contributed by atoms with Gasteiger partial charge in [-0.2, -0.15) is 66.7 Å². The molecular formula is C32H76BrNO16S6. The van der Waals surface area contributed by atoms with Crippen molar-refractivity contribution in [3.63, 3.8) is 0 Å². The molecule has 0 radical (unpaired) electrons. The van der Waals surface area contributed by atoms with Gasteiger partial charge in [0.05, 0.1) is 10.1 Å². The van der Waals surface area contributed by atoms with Crippen LogP contribution in [-0.2, 0) is 28.8 Å². The van der Waals surface area contributed by atoms with Crippen molar-refractivity contribution < 1.29 is 75.5 Å². The summed E-state index contributed by atoms with van der Waals surface area (Å²) in [5.74, 6) is -1.95. The quantitative estimate of drug-likeness (QED) is 0.0398. The average molecular weight is 1000 g/mol. The Morgan fingerprint density at radius 2 is 0.893 bits per heavy atom. The second-order valence-electron chi connectivity index (χ2n) is 13.2. The number of Topliss-reactive ketones (excluding diaryl/α,β-unsaturated/α-hetero) is 4. The summed E-state index contributed by atoms with van der Waals surface area (Å²) in [4.78, 5) is 63.0. The van der Waals surface area contributed by atoms with E-state index in [0.29, 0.717) is 0 Å². The minimum Gasteiger partial charge on any atom is -0.480 e. The Kier molecular flexibility index (Phi) is 41.5. The van der Waals surface area contributed by atoms with Crippen LogP contribution in [0.5, 0.6) is 0 Å². The zero-order valence-electron chi connectivity index (χ0n) is 35.5. The molecule has 56 heavy (non-hydrogen) atoms. The fourth-order valence-electron chi connectivity index (χ4n) is 1.23. The number of hydroxylamine groups is 1. The van der Waals surface area contributed by atoms with Gasteiger partial charge in [0, 0.05) is 25.0 Å². The summed E-state index contributed by atoms with van der Waals surface area (Å²) >= 11 is 8.20. The number of carbonyl (C=O) groups is 6. The summed E-state index contributed by atoms with van der Waals surface area (Å²) in [6.07, 6.45) is 8.48. The van der Waals surface area contributed by atoms with Crippen molar-refractivity contribution in [3.05, 3.63) is 0 Å². The first-order chi connectivity index (χ1) is 23.8. The van der Waals surface area contributed by atoms with Crippen LogP contribution in [0.1, 0.15) is 97.4 Å². The van der Waals surface area contributed by atoms with Gasteiger partial charge in [0.2, 0.25) is 0 Å². The van der Waals surface area contributed by atoms with Gasteiger partial charge in [-0.15, -0.1) is 0 Å². The number of carboxylic acid groups (broad SMARTS) is 1. The van der Waals surface area contributed by atoms with Crippen LogP contribution >= 0.6 is 82.7 Å². The highest BCUT2D eigenvalue weighted by molar-refractivity contribution is 9.10. The van der Waals surface area contributed by atoms with Crippen LogP contribution in [0.3, 0.4) is 0 Å². The van der Waals surface area contributed by atoms with Gasteiger partial charge in [-0.05, 0) is 103 Å². The molecule has 0 bridgehead atoms. The highest BCUT2D eigenvalue weighted by Crippen LogP contribution is 2.50. The molecule has 3 unspecified atom stereocenters. The molecule has 0 aliphatic heterocycles. The van der Waals surface area contributed by atoms with E-state index in [2.05, 4.69) is 28.6 Å². The normalized spacial score (nSPS) is 14.2. The summed E-state index contributed by atoms with van der Waals surface area (Å²) in [6.45, 7) is 19.4. The third kappa shape index (κ3) is 33.6.